The normalized spacial score (nSPS) is 0.857. The molecule has 0 saturated heterocycles. The molecule has 0 radical (unpaired) electrons. The topological polar surface area (TPSA) is 106 Å². The van der Waals surface area contributed by atoms with Gasteiger partial charge in [-0.2, -0.15) is 0 Å². The number of hydrogen-bond donors (Lipinski definition) is 1. The second-order valence-corrected chi connectivity index (χ2v) is 0. The standard InChI is InChI=1S/CH4O.2La.3O/c1-2;;;;;/h2H,1H3;;;;;/q;2*+3;3*-2. The van der Waals surface area contributed by atoms with E-state index in [0.29, 0.717) is 0 Å². The van der Waals surface area contributed by atoms with E-state index in [0.717, 1.165) is 7.11 Å². The van der Waals surface area contributed by atoms with Gasteiger partial charge in [0.2, 0.25) is 0 Å². The second kappa shape index (κ2) is 86.5. The third-order valence-corrected chi connectivity index (χ3v) is 0. The molecule has 0 aromatic heterocycles. The largest absolute Gasteiger partial charge is 3.00 e. The minimum Gasteiger partial charge on any atom is -2.00 e. The molecule has 0 amide bonds. The van der Waals surface area contributed by atoms with Crippen LogP contribution in [0.2, 0.25) is 0 Å². The van der Waals surface area contributed by atoms with Crippen LogP contribution in [-0.2, 0) is 16.4 Å². The fourth-order valence-corrected chi connectivity index (χ4v) is 0. The third kappa shape index (κ3) is 64.2. The zero-order valence-corrected chi connectivity index (χ0v) is 11.1. The van der Waals surface area contributed by atoms with Crippen molar-refractivity contribution < 1.29 is 92.7 Å². The van der Waals surface area contributed by atoms with Crippen molar-refractivity contribution in [1.29, 1.82) is 0 Å². The molecule has 0 aliphatic carbocycles. The SMILES string of the molecule is CO.[La+3].[La+3].[O-2].[O-2].[O-2]. The van der Waals surface area contributed by atoms with Gasteiger partial charge < -0.3 is 21.5 Å². The predicted octanol–water partition coefficient (Wildman–Crippen LogP) is -0.748. The summed E-state index contributed by atoms with van der Waals surface area (Å²) in [6, 6.07) is 0. The van der Waals surface area contributed by atoms with Gasteiger partial charge in [-0.25, -0.2) is 0 Å². The van der Waals surface area contributed by atoms with Crippen molar-refractivity contribution in [2.45, 2.75) is 0 Å². The molecule has 7 heavy (non-hydrogen) atoms. The molecule has 0 saturated carbocycles. The predicted molar refractivity (Wildman–Crippen MR) is 10.2 cm³/mol. The molecule has 0 bridgehead atoms. The van der Waals surface area contributed by atoms with E-state index in [1.165, 1.54) is 0 Å². The third-order valence-electron chi connectivity index (χ3n) is 0. The molecule has 0 aromatic rings. The Hall–Kier alpha value is 2.23. The summed E-state index contributed by atoms with van der Waals surface area (Å²) in [4.78, 5) is 0. The first-order valence-electron chi connectivity index (χ1n) is 0.447. The van der Waals surface area contributed by atoms with Gasteiger partial charge in [0, 0.05) is 7.11 Å². The summed E-state index contributed by atoms with van der Waals surface area (Å²) < 4.78 is 0. The summed E-state index contributed by atoms with van der Waals surface area (Å²) in [5.41, 5.74) is 0. The minimum atomic E-state index is 0. The van der Waals surface area contributed by atoms with Gasteiger partial charge in [-0.15, -0.1) is 0 Å². The fraction of sp³-hybridized carbons (Fsp3) is 1.00. The van der Waals surface area contributed by atoms with Gasteiger partial charge in [0.15, 0.2) is 0 Å². The van der Waals surface area contributed by atoms with E-state index in [1.54, 1.807) is 0 Å². The Balaban J connectivity index is -0.000000000500. The number of aliphatic hydroxyl groups excluding tert-OH is 1. The summed E-state index contributed by atoms with van der Waals surface area (Å²) in [6.45, 7) is 0. The van der Waals surface area contributed by atoms with E-state index in [4.69, 9.17) is 5.11 Å². The Kier molecular flexibility index (Phi) is 741. The van der Waals surface area contributed by atoms with Crippen LogP contribution in [0.25, 0.3) is 0 Å². The number of rotatable bonds is 0. The van der Waals surface area contributed by atoms with Gasteiger partial charge in [-0.05, 0) is 0 Å². The summed E-state index contributed by atoms with van der Waals surface area (Å²) in [7, 11) is 1.00. The van der Waals surface area contributed by atoms with Crippen LogP contribution >= 0.6 is 0 Å². The van der Waals surface area contributed by atoms with Crippen LogP contribution in [0.5, 0.6) is 0 Å². The van der Waals surface area contributed by atoms with Gasteiger partial charge in [-0.3, -0.25) is 0 Å². The van der Waals surface area contributed by atoms with E-state index in [9.17, 15) is 0 Å². The summed E-state index contributed by atoms with van der Waals surface area (Å²) in [6.07, 6.45) is 0. The fourth-order valence-electron chi connectivity index (χ4n) is 0. The maximum atomic E-state index is 7.00. The first-order chi connectivity index (χ1) is 1.00. The van der Waals surface area contributed by atoms with Crippen molar-refractivity contribution in [3.8, 4) is 0 Å². The minimum absolute atomic E-state index is 0. The van der Waals surface area contributed by atoms with Crippen molar-refractivity contribution >= 4 is 0 Å². The summed E-state index contributed by atoms with van der Waals surface area (Å²) in [5.74, 6) is 0. The van der Waals surface area contributed by atoms with Gasteiger partial charge in [-0.1, -0.05) is 0 Å². The number of hydrogen-bond acceptors (Lipinski definition) is 1. The van der Waals surface area contributed by atoms with Crippen molar-refractivity contribution in [3.05, 3.63) is 0 Å². The Morgan fingerprint density at radius 3 is 0.714 bits per heavy atom. The van der Waals surface area contributed by atoms with E-state index >= 15 is 0 Å². The Bertz CT molecular complexity index is 9.65. The zero-order chi connectivity index (χ0) is 2.00. The van der Waals surface area contributed by atoms with Crippen LogP contribution in [0, 0.1) is 71.2 Å². The average Bonchev–Trinajstić information content (AvgIpc) is 1.00. The first kappa shape index (κ1) is 59.9. The average molecular weight is 358 g/mol. The molecule has 0 heterocycles. The summed E-state index contributed by atoms with van der Waals surface area (Å²) >= 11 is 0. The number of aliphatic hydroxyl groups is 1. The van der Waals surface area contributed by atoms with Crippen molar-refractivity contribution in [3.63, 3.8) is 0 Å². The molecule has 0 spiro atoms. The van der Waals surface area contributed by atoms with Crippen LogP contribution in [0.4, 0.5) is 0 Å². The molecule has 4 nitrogen and oxygen atoms in total. The summed E-state index contributed by atoms with van der Waals surface area (Å²) in [5, 5.41) is 7.00. The van der Waals surface area contributed by atoms with Crippen LogP contribution in [0.3, 0.4) is 0 Å². The van der Waals surface area contributed by atoms with Gasteiger partial charge in [0.1, 0.15) is 0 Å². The maximum Gasteiger partial charge on any atom is 3.00 e. The monoisotopic (exact) mass is 358 g/mol. The van der Waals surface area contributed by atoms with Crippen molar-refractivity contribution in [2.24, 2.45) is 0 Å². The smallest absolute Gasteiger partial charge is 2.00 e. The molecule has 0 unspecified atom stereocenters. The molecular weight excluding hydrogens is 354 g/mol. The van der Waals surface area contributed by atoms with Gasteiger partial charge in [0.25, 0.3) is 0 Å². The van der Waals surface area contributed by atoms with E-state index < -0.39 is 0 Å². The molecule has 0 fully saturated rings. The Labute approximate surface area is 98.2 Å². The first-order valence-corrected chi connectivity index (χ1v) is 0.447. The van der Waals surface area contributed by atoms with Crippen LogP contribution < -0.4 is 0 Å². The molecule has 0 aliphatic rings. The van der Waals surface area contributed by atoms with Crippen LogP contribution in [-0.4, -0.2) is 12.2 Å². The Morgan fingerprint density at radius 2 is 0.714 bits per heavy atom. The quantitative estimate of drug-likeness (QED) is 0.605. The van der Waals surface area contributed by atoms with Crippen molar-refractivity contribution in [1.82, 2.24) is 0 Å². The second-order valence-electron chi connectivity index (χ2n) is 0. The van der Waals surface area contributed by atoms with E-state index in [-0.39, 0.29) is 87.6 Å². The zero-order valence-electron chi connectivity index (χ0n) is 3.83. The molecule has 0 atom stereocenters. The van der Waals surface area contributed by atoms with Gasteiger partial charge >= 0.3 is 71.2 Å². The molecule has 6 heteroatoms. The van der Waals surface area contributed by atoms with E-state index in [1.807, 2.05) is 0 Å². The van der Waals surface area contributed by atoms with Gasteiger partial charge in [0.05, 0.1) is 0 Å². The maximum absolute atomic E-state index is 7.00. The van der Waals surface area contributed by atoms with Crippen molar-refractivity contribution in [2.75, 3.05) is 7.11 Å². The van der Waals surface area contributed by atoms with E-state index in [2.05, 4.69) is 0 Å². The molecular formula is CH4La2O4. The van der Waals surface area contributed by atoms with Crippen LogP contribution in [0.1, 0.15) is 0 Å². The molecule has 0 rings (SSSR count). The molecule has 0 aliphatic heterocycles. The molecule has 38 valence electrons. The molecule has 1 N–H and O–H groups in total. The van der Waals surface area contributed by atoms with Crippen LogP contribution in [0.15, 0.2) is 0 Å². The molecule has 0 aromatic carbocycles. The Morgan fingerprint density at radius 1 is 0.714 bits per heavy atom.